The third-order valence-corrected chi connectivity index (χ3v) is 7.38. The largest absolute Gasteiger partial charge is 0.336 e. The molecule has 1 heterocycles. The summed E-state index contributed by atoms with van der Waals surface area (Å²) in [6, 6.07) is 19.6. The van der Waals surface area contributed by atoms with Crippen LogP contribution in [-0.4, -0.2) is 21.5 Å². The van der Waals surface area contributed by atoms with E-state index in [1.807, 2.05) is 61.5 Å². The number of fused-ring (bicyclic) bond motifs is 1. The van der Waals surface area contributed by atoms with Gasteiger partial charge in [-0.25, -0.2) is 4.98 Å². The van der Waals surface area contributed by atoms with Crippen molar-refractivity contribution in [3.63, 3.8) is 0 Å². The molecular weight excluding hydrogens is 486 g/mol. The number of carbonyl (C=O) groups excluding carboxylic acids is 1. The van der Waals surface area contributed by atoms with E-state index in [0.29, 0.717) is 16.9 Å². The number of benzene rings is 3. The predicted molar refractivity (Wildman–Crippen MR) is 158 cm³/mol. The van der Waals surface area contributed by atoms with Crippen molar-refractivity contribution in [2.24, 2.45) is 12.8 Å². The Morgan fingerprint density at radius 2 is 1.74 bits per heavy atom. The van der Waals surface area contributed by atoms with E-state index >= 15 is 0 Å². The SMILES string of the molecule is Cc1c(NC(=O)c2ccc(C(C)(C)C)cc2)cccc1-c1cn(C)c(=O)c(Nc2ccc3c(c2)CC(N)C3)n1. The van der Waals surface area contributed by atoms with E-state index in [-0.39, 0.29) is 28.7 Å². The van der Waals surface area contributed by atoms with Gasteiger partial charge in [-0.1, -0.05) is 51.1 Å². The molecule has 0 radical (unpaired) electrons. The summed E-state index contributed by atoms with van der Waals surface area (Å²) >= 11 is 0. The van der Waals surface area contributed by atoms with E-state index in [4.69, 9.17) is 10.7 Å². The predicted octanol–water partition coefficient (Wildman–Crippen LogP) is 5.48. The van der Waals surface area contributed by atoms with Gasteiger partial charge in [0.25, 0.3) is 11.5 Å². The molecule has 1 atom stereocenters. The van der Waals surface area contributed by atoms with Crippen LogP contribution in [-0.2, 0) is 25.3 Å². The number of nitrogens with two attached hydrogens (primary N) is 1. The Kier molecular flexibility index (Phi) is 6.87. The van der Waals surface area contributed by atoms with E-state index in [2.05, 4.69) is 37.5 Å². The van der Waals surface area contributed by atoms with Gasteiger partial charge >= 0.3 is 0 Å². The molecule has 0 spiro atoms. The average molecular weight is 522 g/mol. The van der Waals surface area contributed by atoms with Crippen molar-refractivity contribution in [2.75, 3.05) is 10.6 Å². The monoisotopic (exact) mass is 521 g/mol. The summed E-state index contributed by atoms with van der Waals surface area (Å²) in [5.41, 5.74) is 13.9. The molecule has 1 amide bonds. The average Bonchev–Trinajstić information content (AvgIpc) is 3.26. The first-order valence-electron chi connectivity index (χ1n) is 13.2. The van der Waals surface area contributed by atoms with Crippen LogP contribution in [0.3, 0.4) is 0 Å². The van der Waals surface area contributed by atoms with Crippen LogP contribution in [0.25, 0.3) is 11.3 Å². The maximum atomic E-state index is 13.0. The highest BCUT2D eigenvalue weighted by molar-refractivity contribution is 6.05. The third kappa shape index (κ3) is 5.49. The zero-order valence-corrected chi connectivity index (χ0v) is 23.1. The van der Waals surface area contributed by atoms with Crippen LogP contribution in [0, 0.1) is 6.92 Å². The molecule has 3 aromatic carbocycles. The minimum absolute atomic E-state index is 0.0183. The standard InChI is InChI=1S/C32H35N5O2/c1-19-26(7-6-8-27(19)36-30(38)20-9-12-23(13-10-20)32(2,3)4)28-18-37(5)31(39)29(35-28)34-25-14-11-21-15-24(33)16-22(21)17-25/h6-14,17-18,24H,15-16,33H2,1-5H3,(H,34,35)(H,36,38). The van der Waals surface area contributed by atoms with Gasteiger partial charge in [0, 0.05) is 41.8 Å². The zero-order valence-electron chi connectivity index (χ0n) is 23.1. The van der Waals surface area contributed by atoms with Crippen LogP contribution in [0.5, 0.6) is 0 Å². The van der Waals surface area contributed by atoms with E-state index in [1.54, 1.807) is 13.2 Å². The molecule has 0 fully saturated rings. The molecular formula is C32H35N5O2. The Bertz CT molecular complexity index is 1610. The molecule has 0 aliphatic heterocycles. The number of aromatic nitrogens is 2. The lowest BCUT2D eigenvalue weighted by molar-refractivity contribution is 0.102. The number of anilines is 3. The highest BCUT2D eigenvalue weighted by Crippen LogP contribution is 2.30. The van der Waals surface area contributed by atoms with Crippen LogP contribution in [0.4, 0.5) is 17.2 Å². The van der Waals surface area contributed by atoms with Crippen molar-refractivity contribution in [3.05, 3.63) is 105 Å². The van der Waals surface area contributed by atoms with Crippen LogP contribution < -0.4 is 21.9 Å². The van der Waals surface area contributed by atoms with Crippen molar-refractivity contribution in [2.45, 2.75) is 52.0 Å². The number of aryl methyl sites for hydroxylation is 1. The number of hydrogen-bond donors (Lipinski definition) is 3. The van der Waals surface area contributed by atoms with Crippen LogP contribution in [0.1, 0.15) is 53.4 Å². The second-order valence-electron chi connectivity index (χ2n) is 11.4. The lowest BCUT2D eigenvalue weighted by Crippen LogP contribution is -2.21. The zero-order chi connectivity index (χ0) is 27.9. The van der Waals surface area contributed by atoms with Gasteiger partial charge in [-0.05, 0) is 77.8 Å². The molecule has 39 heavy (non-hydrogen) atoms. The van der Waals surface area contributed by atoms with Gasteiger partial charge in [-0.2, -0.15) is 0 Å². The summed E-state index contributed by atoms with van der Waals surface area (Å²) in [4.78, 5) is 30.7. The molecule has 1 aromatic heterocycles. The quantitative estimate of drug-likeness (QED) is 0.323. The Balaban J connectivity index is 1.41. The number of nitrogens with one attached hydrogen (secondary N) is 2. The number of carbonyl (C=O) groups is 1. The molecule has 0 saturated heterocycles. The second-order valence-corrected chi connectivity index (χ2v) is 11.4. The summed E-state index contributed by atoms with van der Waals surface area (Å²) in [6.07, 6.45) is 3.42. The van der Waals surface area contributed by atoms with Gasteiger partial charge in [0.05, 0.1) is 5.69 Å². The smallest absolute Gasteiger partial charge is 0.293 e. The Morgan fingerprint density at radius 1 is 1.03 bits per heavy atom. The highest BCUT2D eigenvalue weighted by atomic mass is 16.1. The van der Waals surface area contributed by atoms with E-state index in [0.717, 1.165) is 29.7 Å². The lowest BCUT2D eigenvalue weighted by atomic mass is 9.86. The number of hydrogen-bond acceptors (Lipinski definition) is 5. The summed E-state index contributed by atoms with van der Waals surface area (Å²) in [5, 5.41) is 6.26. The number of nitrogens with zero attached hydrogens (tertiary/aromatic N) is 2. The van der Waals surface area contributed by atoms with Crippen LogP contribution in [0.15, 0.2) is 71.7 Å². The molecule has 5 rings (SSSR count). The van der Waals surface area contributed by atoms with Crippen molar-refractivity contribution < 1.29 is 4.79 Å². The van der Waals surface area contributed by atoms with Gasteiger partial charge in [0.15, 0.2) is 5.82 Å². The van der Waals surface area contributed by atoms with Gasteiger partial charge in [0.2, 0.25) is 0 Å². The Labute approximate surface area is 229 Å². The topological polar surface area (TPSA) is 102 Å². The summed E-state index contributed by atoms with van der Waals surface area (Å²) in [5.74, 6) is 0.0628. The first-order valence-corrected chi connectivity index (χ1v) is 13.2. The molecule has 1 aliphatic rings. The van der Waals surface area contributed by atoms with Crippen LogP contribution >= 0.6 is 0 Å². The third-order valence-electron chi connectivity index (χ3n) is 7.38. The van der Waals surface area contributed by atoms with Crippen molar-refractivity contribution in [3.8, 4) is 11.3 Å². The summed E-state index contributed by atoms with van der Waals surface area (Å²) in [6.45, 7) is 8.38. The van der Waals surface area contributed by atoms with Crippen molar-refractivity contribution in [1.29, 1.82) is 0 Å². The summed E-state index contributed by atoms with van der Waals surface area (Å²) in [7, 11) is 1.71. The Morgan fingerprint density at radius 3 is 2.46 bits per heavy atom. The molecule has 7 heteroatoms. The fourth-order valence-corrected chi connectivity index (χ4v) is 5.05. The fraction of sp³-hybridized carbons (Fsp3) is 0.281. The van der Waals surface area contributed by atoms with Gasteiger partial charge in [-0.15, -0.1) is 0 Å². The highest BCUT2D eigenvalue weighted by Gasteiger charge is 2.19. The maximum absolute atomic E-state index is 13.0. The maximum Gasteiger partial charge on any atom is 0.293 e. The fourth-order valence-electron chi connectivity index (χ4n) is 5.05. The minimum atomic E-state index is -0.225. The Hall–Kier alpha value is -4.23. The first-order chi connectivity index (χ1) is 18.5. The number of amides is 1. The number of rotatable bonds is 5. The van der Waals surface area contributed by atoms with Crippen molar-refractivity contribution >= 4 is 23.1 Å². The first kappa shape index (κ1) is 26.4. The van der Waals surface area contributed by atoms with E-state index in [1.165, 1.54) is 21.3 Å². The van der Waals surface area contributed by atoms with Crippen LogP contribution in [0.2, 0.25) is 0 Å². The molecule has 4 N–H and O–H groups in total. The molecule has 7 nitrogen and oxygen atoms in total. The second kappa shape index (κ2) is 10.2. The van der Waals surface area contributed by atoms with Gasteiger partial charge < -0.3 is 20.9 Å². The molecule has 4 aromatic rings. The molecule has 200 valence electrons. The normalized spacial score (nSPS) is 14.7. The molecule has 0 saturated carbocycles. The lowest BCUT2D eigenvalue weighted by Gasteiger charge is -2.19. The van der Waals surface area contributed by atoms with Gasteiger partial charge in [-0.3, -0.25) is 9.59 Å². The van der Waals surface area contributed by atoms with Gasteiger partial charge in [0.1, 0.15) is 0 Å². The summed E-state index contributed by atoms with van der Waals surface area (Å²) < 4.78 is 1.52. The minimum Gasteiger partial charge on any atom is -0.336 e. The van der Waals surface area contributed by atoms with E-state index < -0.39 is 0 Å². The molecule has 0 bridgehead atoms. The van der Waals surface area contributed by atoms with Crippen molar-refractivity contribution in [1.82, 2.24) is 9.55 Å². The molecule has 1 unspecified atom stereocenters. The molecule has 1 aliphatic carbocycles. The van der Waals surface area contributed by atoms with E-state index in [9.17, 15) is 9.59 Å².